The van der Waals surface area contributed by atoms with Crippen LogP contribution < -0.4 is 5.14 Å². The standard InChI is InChI=1S/C15H12N2O3S/c16-21(18,19)15-14(10-20-17-15)13-9-5-4-8-12(13)11-6-2-1-3-7-11/h1-10H,(H2,16,18,19). The van der Waals surface area contributed by atoms with Gasteiger partial charge < -0.3 is 4.52 Å². The van der Waals surface area contributed by atoms with Gasteiger partial charge in [-0.25, -0.2) is 13.6 Å². The second-order valence-corrected chi connectivity index (χ2v) is 5.97. The number of nitrogens with two attached hydrogens (primary N) is 1. The van der Waals surface area contributed by atoms with Gasteiger partial charge in [0.25, 0.3) is 10.0 Å². The van der Waals surface area contributed by atoms with Gasteiger partial charge in [0.1, 0.15) is 6.26 Å². The average Bonchev–Trinajstić information content (AvgIpc) is 2.98. The molecule has 2 N–H and O–H groups in total. The van der Waals surface area contributed by atoms with Crippen LogP contribution in [0.15, 0.2) is 70.4 Å². The molecule has 1 heterocycles. The molecule has 2 aromatic carbocycles. The third kappa shape index (κ3) is 2.58. The van der Waals surface area contributed by atoms with Crippen LogP contribution in [0.5, 0.6) is 0 Å². The Hall–Kier alpha value is -2.44. The molecule has 0 saturated heterocycles. The first-order chi connectivity index (χ1) is 10.1. The summed E-state index contributed by atoms with van der Waals surface area (Å²) in [4.78, 5) is 0. The van der Waals surface area contributed by atoms with Crippen molar-refractivity contribution >= 4 is 10.0 Å². The Labute approximate surface area is 122 Å². The molecule has 0 atom stereocenters. The highest BCUT2D eigenvalue weighted by Crippen LogP contribution is 2.34. The monoisotopic (exact) mass is 300 g/mol. The van der Waals surface area contributed by atoms with E-state index in [1.165, 1.54) is 6.26 Å². The summed E-state index contributed by atoms with van der Waals surface area (Å²) in [6.45, 7) is 0. The van der Waals surface area contributed by atoms with Gasteiger partial charge in [0.05, 0.1) is 5.56 Å². The maximum atomic E-state index is 11.6. The fourth-order valence-corrected chi connectivity index (χ4v) is 2.81. The number of rotatable bonds is 3. The Bertz CT molecular complexity index is 871. The minimum absolute atomic E-state index is 0.258. The highest BCUT2D eigenvalue weighted by molar-refractivity contribution is 7.89. The quantitative estimate of drug-likeness (QED) is 0.805. The molecular weight excluding hydrogens is 288 g/mol. The maximum absolute atomic E-state index is 11.6. The Morgan fingerprint density at radius 2 is 1.48 bits per heavy atom. The van der Waals surface area contributed by atoms with E-state index in [-0.39, 0.29) is 5.03 Å². The Morgan fingerprint density at radius 1 is 0.857 bits per heavy atom. The molecule has 0 fully saturated rings. The molecule has 3 aromatic rings. The molecule has 0 spiro atoms. The van der Waals surface area contributed by atoms with E-state index in [0.29, 0.717) is 11.1 Å². The predicted molar refractivity (Wildman–Crippen MR) is 78.7 cm³/mol. The molecule has 6 heteroatoms. The Morgan fingerprint density at radius 3 is 2.14 bits per heavy atom. The van der Waals surface area contributed by atoms with Crippen molar-refractivity contribution in [2.75, 3.05) is 0 Å². The first-order valence-corrected chi connectivity index (χ1v) is 7.74. The van der Waals surface area contributed by atoms with E-state index < -0.39 is 10.0 Å². The Balaban J connectivity index is 2.24. The first-order valence-electron chi connectivity index (χ1n) is 6.19. The van der Waals surface area contributed by atoms with E-state index in [2.05, 4.69) is 5.16 Å². The number of nitrogens with zero attached hydrogens (tertiary/aromatic N) is 1. The van der Waals surface area contributed by atoms with E-state index in [1.807, 2.05) is 54.6 Å². The minimum atomic E-state index is -3.94. The number of sulfonamides is 1. The maximum Gasteiger partial charge on any atom is 0.259 e. The summed E-state index contributed by atoms with van der Waals surface area (Å²) in [6.07, 6.45) is 1.29. The van der Waals surface area contributed by atoms with E-state index in [1.54, 1.807) is 0 Å². The number of primary sulfonamides is 1. The zero-order chi connectivity index (χ0) is 14.9. The molecule has 0 aliphatic carbocycles. The van der Waals surface area contributed by atoms with E-state index in [0.717, 1.165) is 11.1 Å². The molecule has 5 nitrogen and oxygen atoms in total. The van der Waals surface area contributed by atoms with Crippen molar-refractivity contribution < 1.29 is 12.9 Å². The SMILES string of the molecule is NS(=O)(=O)c1nocc1-c1ccccc1-c1ccccc1. The number of hydrogen-bond acceptors (Lipinski definition) is 4. The van der Waals surface area contributed by atoms with Crippen molar-refractivity contribution in [1.82, 2.24) is 5.16 Å². The van der Waals surface area contributed by atoms with Crippen LogP contribution >= 0.6 is 0 Å². The summed E-state index contributed by atoms with van der Waals surface area (Å²) in [6, 6.07) is 17.1. The van der Waals surface area contributed by atoms with Crippen LogP contribution in [0.2, 0.25) is 0 Å². The average molecular weight is 300 g/mol. The number of aromatic nitrogens is 1. The third-order valence-electron chi connectivity index (χ3n) is 3.11. The second-order valence-electron chi connectivity index (χ2n) is 4.49. The molecule has 0 aliphatic heterocycles. The van der Waals surface area contributed by atoms with Crippen LogP contribution in [0.25, 0.3) is 22.3 Å². The molecule has 1 aromatic heterocycles. The van der Waals surface area contributed by atoms with Gasteiger partial charge in [0.2, 0.25) is 5.03 Å². The van der Waals surface area contributed by atoms with Gasteiger partial charge in [-0.15, -0.1) is 0 Å². The lowest BCUT2D eigenvalue weighted by molar-refractivity contribution is 0.400. The van der Waals surface area contributed by atoms with Crippen molar-refractivity contribution in [2.24, 2.45) is 5.14 Å². The van der Waals surface area contributed by atoms with E-state index in [4.69, 9.17) is 9.66 Å². The first kappa shape index (κ1) is 13.5. The second kappa shape index (κ2) is 5.16. The topological polar surface area (TPSA) is 86.2 Å². The number of benzene rings is 2. The van der Waals surface area contributed by atoms with Gasteiger partial charge in [-0.1, -0.05) is 59.8 Å². The molecule has 106 valence electrons. The zero-order valence-corrected chi connectivity index (χ0v) is 11.7. The highest BCUT2D eigenvalue weighted by atomic mass is 32.2. The summed E-state index contributed by atoms with van der Waals surface area (Å²) in [5.74, 6) is 0. The Kier molecular flexibility index (Phi) is 3.32. The van der Waals surface area contributed by atoms with Crippen molar-refractivity contribution in [3.05, 3.63) is 60.9 Å². The van der Waals surface area contributed by atoms with Crippen LogP contribution in [0.4, 0.5) is 0 Å². The van der Waals surface area contributed by atoms with Gasteiger partial charge in [-0.05, 0) is 16.7 Å². The normalized spacial score (nSPS) is 11.5. The van der Waals surface area contributed by atoms with Crippen molar-refractivity contribution in [3.63, 3.8) is 0 Å². The lowest BCUT2D eigenvalue weighted by Gasteiger charge is -2.08. The summed E-state index contributed by atoms with van der Waals surface area (Å²) in [7, 11) is -3.94. The van der Waals surface area contributed by atoms with Gasteiger partial charge in [0.15, 0.2) is 0 Å². The lowest BCUT2D eigenvalue weighted by Crippen LogP contribution is -2.13. The number of hydrogen-bond donors (Lipinski definition) is 1. The molecule has 0 saturated carbocycles. The lowest BCUT2D eigenvalue weighted by atomic mass is 9.96. The molecule has 0 radical (unpaired) electrons. The summed E-state index contributed by atoms with van der Waals surface area (Å²) < 4.78 is 28.0. The zero-order valence-electron chi connectivity index (χ0n) is 10.9. The van der Waals surface area contributed by atoms with Crippen LogP contribution in [0.1, 0.15) is 0 Å². The molecule has 0 unspecified atom stereocenters. The van der Waals surface area contributed by atoms with Crippen LogP contribution in [-0.4, -0.2) is 13.6 Å². The molecule has 21 heavy (non-hydrogen) atoms. The van der Waals surface area contributed by atoms with Crippen molar-refractivity contribution in [2.45, 2.75) is 5.03 Å². The largest absolute Gasteiger partial charge is 0.363 e. The van der Waals surface area contributed by atoms with Crippen molar-refractivity contribution in [3.8, 4) is 22.3 Å². The molecular formula is C15H12N2O3S. The molecule has 3 rings (SSSR count). The predicted octanol–water partition coefficient (Wildman–Crippen LogP) is 2.66. The van der Waals surface area contributed by atoms with Gasteiger partial charge in [-0.2, -0.15) is 0 Å². The van der Waals surface area contributed by atoms with E-state index in [9.17, 15) is 8.42 Å². The summed E-state index contributed by atoms with van der Waals surface area (Å²) >= 11 is 0. The summed E-state index contributed by atoms with van der Waals surface area (Å²) in [5.41, 5.74) is 2.91. The van der Waals surface area contributed by atoms with Crippen LogP contribution in [-0.2, 0) is 10.0 Å². The fourth-order valence-electron chi connectivity index (χ4n) is 2.20. The fraction of sp³-hybridized carbons (Fsp3) is 0. The van der Waals surface area contributed by atoms with Crippen molar-refractivity contribution in [1.29, 1.82) is 0 Å². The molecule has 0 aliphatic rings. The highest BCUT2D eigenvalue weighted by Gasteiger charge is 2.22. The van der Waals surface area contributed by atoms with E-state index >= 15 is 0 Å². The van der Waals surface area contributed by atoms with Crippen LogP contribution in [0.3, 0.4) is 0 Å². The van der Waals surface area contributed by atoms with Gasteiger partial charge in [-0.3, -0.25) is 0 Å². The minimum Gasteiger partial charge on any atom is -0.363 e. The summed E-state index contributed by atoms with van der Waals surface area (Å²) in [5, 5.41) is 8.43. The smallest absolute Gasteiger partial charge is 0.259 e. The van der Waals surface area contributed by atoms with Gasteiger partial charge >= 0.3 is 0 Å². The van der Waals surface area contributed by atoms with Gasteiger partial charge in [0, 0.05) is 0 Å². The molecule has 0 amide bonds. The molecule has 0 bridgehead atoms. The van der Waals surface area contributed by atoms with Crippen LogP contribution in [0, 0.1) is 0 Å². The third-order valence-corrected chi connectivity index (χ3v) is 3.94.